The normalized spacial score (nSPS) is 12.1. The zero-order valence-electron chi connectivity index (χ0n) is 11.7. The summed E-state index contributed by atoms with van der Waals surface area (Å²) in [7, 11) is 0. The van der Waals surface area contributed by atoms with Crippen molar-refractivity contribution in [3.8, 4) is 0 Å². The Balaban J connectivity index is 2.18. The van der Waals surface area contributed by atoms with Gasteiger partial charge in [0.05, 0.1) is 11.7 Å². The van der Waals surface area contributed by atoms with Gasteiger partial charge in [0.25, 0.3) is 0 Å². The van der Waals surface area contributed by atoms with Crippen molar-refractivity contribution >= 4 is 22.9 Å². The number of hydrogen-bond donors (Lipinski definition) is 2. The molecule has 0 aliphatic carbocycles. The summed E-state index contributed by atoms with van der Waals surface area (Å²) in [6, 6.07) is 7.64. The molecule has 1 aromatic carbocycles. The largest absolute Gasteiger partial charge is 0.399 e. The van der Waals surface area contributed by atoms with Crippen LogP contribution in [0.2, 0.25) is 0 Å². The van der Waals surface area contributed by atoms with Crippen molar-refractivity contribution in [1.82, 2.24) is 10.3 Å². The van der Waals surface area contributed by atoms with Gasteiger partial charge in [-0.15, -0.1) is 11.3 Å². The number of carbonyl (C=O) groups excluding carboxylic acids is 1. The van der Waals surface area contributed by atoms with Crippen LogP contribution in [0.3, 0.4) is 0 Å². The first-order valence-corrected chi connectivity index (χ1v) is 7.52. The molecule has 0 unspecified atom stereocenters. The molecule has 20 heavy (non-hydrogen) atoms. The second-order valence-electron chi connectivity index (χ2n) is 4.73. The summed E-state index contributed by atoms with van der Waals surface area (Å²) >= 11 is 1.60. The summed E-state index contributed by atoms with van der Waals surface area (Å²) in [6.07, 6.45) is 1.63. The molecule has 0 aliphatic heterocycles. The zero-order chi connectivity index (χ0) is 14.5. The first kappa shape index (κ1) is 14.5. The third-order valence-corrected chi connectivity index (χ3v) is 4.03. The fourth-order valence-electron chi connectivity index (χ4n) is 1.98. The number of nitrogens with zero attached hydrogens (tertiary/aromatic N) is 1. The quantitative estimate of drug-likeness (QED) is 0.832. The van der Waals surface area contributed by atoms with E-state index < -0.39 is 0 Å². The molecule has 3 N–H and O–H groups in total. The Labute approximate surface area is 123 Å². The van der Waals surface area contributed by atoms with Crippen LogP contribution in [0.25, 0.3) is 0 Å². The van der Waals surface area contributed by atoms with E-state index in [-0.39, 0.29) is 11.9 Å². The van der Waals surface area contributed by atoms with Crippen LogP contribution >= 0.6 is 11.3 Å². The minimum absolute atomic E-state index is 0.0429. The highest BCUT2D eigenvalue weighted by atomic mass is 32.1. The van der Waals surface area contributed by atoms with Gasteiger partial charge in [-0.05, 0) is 30.5 Å². The average Bonchev–Trinajstić information content (AvgIpc) is 2.89. The van der Waals surface area contributed by atoms with Crippen molar-refractivity contribution in [2.24, 2.45) is 0 Å². The molecule has 4 nitrogen and oxygen atoms in total. The van der Waals surface area contributed by atoms with E-state index in [9.17, 15) is 4.79 Å². The Morgan fingerprint density at radius 3 is 2.65 bits per heavy atom. The predicted octanol–water partition coefficient (Wildman–Crippen LogP) is 2.71. The molecule has 1 amide bonds. The van der Waals surface area contributed by atoms with E-state index in [0.717, 1.165) is 34.8 Å². The maximum absolute atomic E-state index is 11.4. The number of benzene rings is 1. The van der Waals surface area contributed by atoms with Crippen molar-refractivity contribution in [2.45, 2.75) is 32.7 Å². The van der Waals surface area contributed by atoms with Gasteiger partial charge in [-0.25, -0.2) is 4.98 Å². The molecule has 0 radical (unpaired) electrons. The Kier molecular flexibility index (Phi) is 4.74. The Bertz CT molecular complexity index is 577. The summed E-state index contributed by atoms with van der Waals surface area (Å²) < 4.78 is 0. The maximum Gasteiger partial charge on any atom is 0.217 e. The van der Waals surface area contributed by atoms with Crippen LogP contribution in [-0.2, 0) is 17.6 Å². The predicted molar refractivity (Wildman–Crippen MR) is 82.6 cm³/mol. The summed E-state index contributed by atoms with van der Waals surface area (Å²) in [5.74, 6) is -0.0429. The fraction of sp³-hybridized carbons (Fsp3) is 0.333. The van der Waals surface area contributed by atoms with E-state index in [2.05, 4.69) is 17.2 Å². The smallest absolute Gasteiger partial charge is 0.217 e. The molecule has 0 spiro atoms. The summed E-state index contributed by atoms with van der Waals surface area (Å²) in [5, 5.41) is 5.98. The third-order valence-electron chi connectivity index (χ3n) is 3.03. The van der Waals surface area contributed by atoms with Gasteiger partial charge < -0.3 is 11.1 Å². The molecule has 1 atom stereocenters. The number of hydrogen-bond acceptors (Lipinski definition) is 4. The van der Waals surface area contributed by atoms with Crippen LogP contribution in [0.5, 0.6) is 0 Å². The van der Waals surface area contributed by atoms with E-state index in [1.165, 1.54) is 6.92 Å². The van der Waals surface area contributed by atoms with Crippen LogP contribution in [-0.4, -0.2) is 10.9 Å². The van der Waals surface area contributed by atoms with Crippen LogP contribution in [0.4, 0.5) is 5.69 Å². The number of nitrogen functional groups attached to an aromatic ring is 1. The van der Waals surface area contributed by atoms with Crippen molar-refractivity contribution in [2.75, 3.05) is 5.73 Å². The molecule has 2 rings (SSSR count). The summed E-state index contributed by atoms with van der Waals surface area (Å²) in [4.78, 5) is 16.0. The number of aromatic nitrogens is 1. The Morgan fingerprint density at radius 2 is 2.10 bits per heavy atom. The monoisotopic (exact) mass is 289 g/mol. The number of carbonyl (C=O) groups is 1. The molecule has 0 bridgehead atoms. The molecule has 106 valence electrons. The van der Waals surface area contributed by atoms with E-state index in [0.29, 0.717) is 0 Å². The van der Waals surface area contributed by atoms with Crippen molar-refractivity contribution in [3.63, 3.8) is 0 Å². The van der Waals surface area contributed by atoms with Gasteiger partial charge in [0.2, 0.25) is 5.91 Å². The third kappa shape index (κ3) is 3.81. The average molecular weight is 289 g/mol. The molecule has 0 fully saturated rings. The van der Waals surface area contributed by atoms with Crippen molar-refractivity contribution in [3.05, 3.63) is 45.9 Å². The zero-order valence-corrected chi connectivity index (χ0v) is 12.5. The SMILES string of the molecule is CCc1csc([C@H](Cc2ccc(N)cc2)NC(C)=O)n1. The molecular weight excluding hydrogens is 270 g/mol. The summed E-state index contributed by atoms with van der Waals surface area (Å²) in [5.41, 5.74) is 8.63. The Hall–Kier alpha value is -1.88. The first-order valence-electron chi connectivity index (χ1n) is 6.64. The van der Waals surface area contributed by atoms with Crippen LogP contribution < -0.4 is 11.1 Å². The minimum atomic E-state index is -0.0820. The lowest BCUT2D eigenvalue weighted by Gasteiger charge is -2.15. The van der Waals surface area contributed by atoms with Gasteiger partial charge in [-0.2, -0.15) is 0 Å². The lowest BCUT2D eigenvalue weighted by atomic mass is 10.1. The van der Waals surface area contributed by atoms with E-state index in [1.807, 2.05) is 29.6 Å². The molecule has 1 aromatic heterocycles. The second kappa shape index (κ2) is 6.52. The van der Waals surface area contributed by atoms with Crippen molar-refractivity contribution in [1.29, 1.82) is 0 Å². The van der Waals surface area contributed by atoms with Gasteiger partial charge >= 0.3 is 0 Å². The Morgan fingerprint density at radius 1 is 1.40 bits per heavy atom. The van der Waals surface area contributed by atoms with Gasteiger partial charge in [-0.3, -0.25) is 4.79 Å². The second-order valence-corrected chi connectivity index (χ2v) is 5.62. The highest BCUT2D eigenvalue weighted by Gasteiger charge is 2.17. The molecule has 0 aliphatic rings. The number of nitrogens with two attached hydrogens (primary N) is 1. The lowest BCUT2D eigenvalue weighted by Crippen LogP contribution is -2.27. The van der Waals surface area contributed by atoms with Gasteiger partial charge in [-0.1, -0.05) is 19.1 Å². The topological polar surface area (TPSA) is 68.0 Å². The van der Waals surface area contributed by atoms with Gasteiger partial charge in [0.1, 0.15) is 5.01 Å². The number of anilines is 1. The molecule has 1 heterocycles. The molecule has 0 saturated carbocycles. The van der Waals surface area contributed by atoms with Crippen molar-refractivity contribution < 1.29 is 4.79 Å². The first-order chi connectivity index (χ1) is 9.58. The maximum atomic E-state index is 11.4. The number of rotatable bonds is 5. The fourth-order valence-corrected chi connectivity index (χ4v) is 2.93. The van der Waals surface area contributed by atoms with Gasteiger partial charge in [0.15, 0.2) is 0 Å². The molecule has 2 aromatic rings. The highest BCUT2D eigenvalue weighted by molar-refractivity contribution is 7.09. The van der Waals surface area contributed by atoms with E-state index in [4.69, 9.17) is 5.73 Å². The van der Waals surface area contributed by atoms with Crippen LogP contribution in [0.1, 0.15) is 36.2 Å². The van der Waals surface area contributed by atoms with E-state index >= 15 is 0 Å². The molecular formula is C15H19N3OS. The summed E-state index contributed by atoms with van der Waals surface area (Å²) in [6.45, 7) is 3.61. The van der Waals surface area contributed by atoms with Crippen LogP contribution in [0.15, 0.2) is 29.6 Å². The number of thiazole rings is 1. The van der Waals surface area contributed by atoms with Gasteiger partial charge in [0, 0.05) is 18.0 Å². The van der Waals surface area contributed by atoms with E-state index in [1.54, 1.807) is 11.3 Å². The highest BCUT2D eigenvalue weighted by Crippen LogP contribution is 2.23. The number of amides is 1. The molecule has 0 saturated heterocycles. The lowest BCUT2D eigenvalue weighted by molar-refractivity contribution is -0.119. The number of nitrogens with one attached hydrogen (secondary N) is 1. The van der Waals surface area contributed by atoms with Crippen LogP contribution in [0, 0.1) is 0 Å². The number of aryl methyl sites for hydroxylation is 1. The molecule has 5 heteroatoms. The minimum Gasteiger partial charge on any atom is -0.399 e. The standard InChI is InChI=1S/C15H19N3OS/c1-3-13-9-20-15(18-13)14(17-10(2)19)8-11-4-6-12(16)7-5-11/h4-7,9,14H,3,8,16H2,1-2H3,(H,17,19)/t14-/m0/s1.